The lowest BCUT2D eigenvalue weighted by Gasteiger charge is -2.01. The van der Waals surface area contributed by atoms with Crippen LogP contribution in [0.15, 0.2) is 28.9 Å². The molecule has 2 aromatic rings. The molecule has 0 radical (unpaired) electrons. The van der Waals surface area contributed by atoms with Gasteiger partial charge >= 0.3 is 0 Å². The molecule has 0 saturated heterocycles. The Morgan fingerprint density at radius 1 is 1.44 bits per heavy atom. The second-order valence-corrected chi connectivity index (χ2v) is 4.59. The third kappa shape index (κ3) is 3.64. The van der Waals surface area contributed by atoms with Gasteiger partial charge in [-0.3, -0.25) is 0 Å². The maximum absolute atomic E-state index is 5.44. The van der Waals surface area contributed by atoms with Gasteiger partial charge in [-0.2, -0.15) is 0 Å². The zero-order valence-corrected chi connectivity index (χ0v) is 11.0. The minimum Gasteiger partial charge on any atom is -0.454 e. The van der Waals surface area contributed by atoms with Gasteiger partial charge < -0.3 is 14.7 Å². The fraction of sp³-hybridized carbons (Fsp3) is 0.364. The molecule has 0 bridgehead atoms. The summed E-state index contributed by atoms with van der Waals surface area (Å²) in [6.45, 7) is 1.76. The number of rotatable bonds is 6. The first-order valence-electron chi connectivity index (χ1n) is 5.28. The topological polar surface area (TPSA) is 53.9 Å². The molecule has 0 unspecified atom stereocenters. The molecule has 16 heavy (non-hydrogen) atoms. The summed E-state index contributed by atoms with van der Waals surface area (Å²) in [7, 11) is 0. The van der Waals surface area contributed by atoms with E-state index in [0.717, 1.165) is 41.3 Å². The molecule has 2 aromatic heterocycles. The Balaban J connectivity index is 1.59. The summed E-state index contributed by atoms with van der Waals surface area (Å²) in [5.74, 6) is 2.04. The summed E-state index contributed by atoms with van der Waals surface area (Å²) in [5.41, 5.74) is 0. The number of hydrogen-bond acceptors (Lipinski definition) is 3. The third-order valence-electron chi connectivity index (χ3n) is 2.25. The Morgan fingerprint density at radius 3 is 3.06 bits per heavy atom. The number of imidazole rings is 1. The number of furan rings is 1. The van der Waals surface area contributed by atoms with Crippen LogP contribution in [0.3, 0.4) is 0 Å². The van der Waals surface area contributed by atoms with Gasteiger partial charge in [-0.25, -0.2) is 4.98 Å². The highest BCUT2D eigenvalue weighted by Crippen LogP contribution is 2.09. The fourth-order valence-electron chi connectivity index (χ4n) is 1.47. The Bertz CT molecular complexity index is 411. The summed E-state index contributed by atoms with van der Waals surface area (Å²) in [6.07, 6.45) is 5.70. The van der Waals surface area contributed by atoms with Gasteiger partial charge in [-0.1, -0.05) is 0 Å². The number of aromatic nitrogens is 2. The van der Waals surface area contributed by atoms with Gasteiger partial charge in [0.05, 0.1) is 6.54 Å². The van der Waals surface area contributed by atoms with Crippen molar-refractivity contribution >= 4 is 22.6 Å². The van der Waals surface area contributed by atoms with Crippen molar-refractivity contribution in [1.29, 1.82) is 0 Å². The van der Waals surface area contributed by atoms with E-state index in [1.54, 1.807) is 6.20 Å². The first-order chi connectivity index (χ1) is 7.84. The first kappa shape index (κ1) is 11.7. The van der Waals surface area contributed by atoms with E-state index in [2.05, 4.69) is 37.9 Å². The van der Waals surface area contributed by atoms with Crippen LogP contribution in [0, 0.1) is 3.77 Å². The molecule has 0 aliphatic carbocycles. The zero-order chi connectivity index (χ0) is 11.2. The summed E-state index contributed by atoms with van der Waals surface area (Å²) in [6, 6.07) is 3.97. The van der Waals surface area contributed by atoms with E-state index in [1.165, 1.54) is 0 Å². The number of H-pyrrole nitrogens is 1. The van der Waals surface area contributed by atoms with Crippen LogP contribution in [-0.2, 0) is 13.0 Å². The highest BCUT2D eigenvalue weighted by molar-refractivity contribution is 14.1. The predicted molar refractivity (Wildman–Crippen MR) is 70.0 cm³/mol. The smallest absolute Gasteiger partial charge is 0.164 e. The molecule has 2 rings (SSSR count). The predicted octanol–water partition coefficient (Wildman–Crippen LogP) is 2.33. The quantitative estimate of drug-likeness (QED) is 0.631. The first-order valence-corrected chi connectivity index (χ1v) is 6.35. The van der Waals surface area contributed by atoms with Crippen LogP contribution >= 0.6 is 22.6 Å². The second-order valence-electron chi connectivity index (χ2n) is 3.52. The Hall–Kier alpha value is -0.820. The molecule has 4 nitrogen and oxygen atoms in total. The summed E-state index contributed by atoms with van der Waals surface area (Å²) in [4.78, 5) is 7.26. The number of nitrogens with one attached hydrogen (secondary N) is 2. The van der Waals surface area contributed by atoms with E-state index in [0.29, 0.717) is 0 Å². The molecule has 0 saturated carbocycles. The maximum Gasteiger partial charge on any atom is 0.164 e. The van der Waals surface area contributed by atoms with Gasteiger partial charge in [0.1, 0.15) is 11.6 Å². The van der Waals surface area contributed by atoms with Gasteiger partial charge in [0, 0.05) is 18.8 Å². The standard InChI is InChI=1S/C11H14IN3O/c12-10-4-3-9(16-10)8-13-5-1-2-11-14-6-7-15-11/h3-4,6-7,13H,1-2,5,8H2,(H,14,15). The van der Waals surface area contributed by atoms with E-state index < -0.39 is 0 Å². The molecule has 0 aliphatic heterocycles. The maximum atomic E-state index is 5.44. The van der Waals surface area contributed by atoms with Gasteiger partial charge in [-0.05, 0) is 47.7 Å². The summed E-state index contributed by atoms with van der Waals surface area (Å²) in [5, 5.41) is 3.34. The molecule has 5 heteroatoms. The average Bonchev–Trinajstić information content (AvgIpc) is 2.89. The lowest BCUT2D eigenvalue weighted by Crippen LogP contribution is -2.15. The van der Waals surface area contributed by atoms with Crippen molar-refractivity contribution in [2.45, 2.75) is 19.4 Å². The number of hydrogen-bond donors (Lipinski definition) is 2. The Kier molecular flexibility index (Phi) is 4.41. The third-order valence-corrected chi connectivity index (χ3v) is 2.83. The largest absolute Gasteiger partial charge is 0.454 e. The molecule has 0 spiro atoms. The van der Waals surface area contributed by atoms with Gasteiger partial charge in [-0.15, -0.1) is 0 Å². The van der Waals surface area contributed by atoms with Crippen LogP contribution in [0.25, 0.3) is 0 Å². The lowest BCUT2D eigenvalue weighted by atomic mass is 10.3. The molecule has 0 aromatic carbocycles. The van der Waals surface area contributed by atoms with Crippen LogP contribution < -0.4 is 5.32 Å². The van der Waals surface area contributed by atoms with Crippen molar-refractivity contribution in [1.82, 2.24) is 15.3 Å². The van der Waals surface area contributed by atoms with Gasteiger partial charge in [0.2, 0.25) is 0 Å². The minimum atomic E-state index is 0.793. The normalized spacial score (nSPS) is 10.8. The highest BCUT2D eigenvalue weighted by atomic mass is 127. The van der Waals surface area contributed by atoms with Crippen LogP contribution in [0.5, 0.6) is 0 Å². The summed E-state index contributed by atoms with van der Waals surface area (Å²) >= 11 is 2.17. The lowest BCUT2D eigenvalue weighted by molar-refractivity contribution is 0.461. The van der Waals surface area contributed by atoms with Crippen molar-refractivity contribution in [3.8, 4) is 0 Å². The van der Waals surface area contributed by atoms with Gasteiger partial charge in [0.25, 0.3) is 0 Å². The van der Waals surface area contributed by atoms with Crippen molar-refractivity contribution < 1.29 is 4.42 Å². The number of nitrogens with zero attached hydrogens (tertiary/aromatic N) is 1. The van der Waals surface area contributed by atoms with E-state index in [-0.39, 0.29) is 0 Å². The van der Waals surface area contributed by atoms with Crippen LogP contribution in [-0.4, -0.2) is 16.5 Å². The van der Waals surface area contributed by atoms with Crippen LogP contribution in [0.4, 0.5) is 0 Å². The number of aromatic amines is 1. The highest BCUT2D eigenvalue weighted by Gasteiger charge is 1.98. The van der Waals surface area contributed by atoms with Gasteiger partial charge in [0.15, 0.2) is 3.77 Å². The Morgan fingerprint density at radius 2 is 2.38 bits per heavy atom. The second kappa shape index (κ2) is 6.05. The SMILES string of the molecule is Ic1ccc(CNCCCc2ncc[nH]2)o1. The van der Waals surface area contributed by atoms with Crippen LogP contribution in [0.2, 0.25) is 0 Å². The van der Waals surface area contributed by atoms with E-state index >= 15 is 0 Å². The molecule has 0 atom stereocenters. The zero-order valence-electron chi connectivity index (χ0n) is 8.87. The van der Waals surface area contributed by atoms with E-state index in [1.807, 2.05) is 18.3 Å². The van der Waals surface area contributed by atoms with Crippen molar-refractivity contribution in [2.75, 3.05) is 6.54 Å². The summed E-state index contributed by atoms with van der Waals surface area (Å²) < 4.78 is 6.38. The van der Waals surface area contributed by atoms with E-state index in [4.69, 9.17) is 4.42 Å². The van der Waals surface area contributed by atoms with Crippen molar-refractivity contribution in [2.24, 2.45) is 0 Å². The van der Waals surface area contributed by atoms with Crippen molar-refractivity contribution in [3.63, 3.8) is 0 Å². The van der Waals surface area contributed by atoms with E-state index in [9.17, 15) is 0 Å². The molecule has 86 valence electrons. The number of aryl methyl sites for hydroxylation is 1. The monoisotopic (exact) mass is 331 g/mol. The molecule has 0 aliphatic rings. The minimum absolute atomic E-state index is 0.793. The number of halogens is 1. The Labute approximate surface area is 108 Å². The molecule has 2 heterocycles. The molecule has 0 fully saturated rings. The van der Waals surface area contributed by atoms with Crippen LogP contribution in [0.1, 0.15) is 18.0 Å². The molecular weight excluding hydrogens is 317 g/mol. The molecular formula is C11H14IN3O. The van der Waals surface area contributed by atoms with Crippen molar-refractivity contribution in [3.05, 3.63) is 39.9 Å². The fourth-order valence-corrected chi connectivity index (χ4v) is 1.94. The molecule has 0 amide bonds. The molecule has 2 N–H and O–H groups in total. The average molecular weight is 331 g/mol.